The first kappa shape index (κ1) is 12.8. The molecule has 0 unspecified atom stereocenters. The van der Waals surface area contributed by atoms with E-state index in [1.807, 2.05) is 11.8 Å². The van der Waals surface area contributed by atoms with Gasteiger partial charge in [0.25, 0.3) is 5.91 Å². The molecule has 0 aromatic heterocycles. The lowest BCUT2D eigenvalue weighted by Crippen LogP contribution is -2.49. The molecule has 0 aliphatic carbocycles. The Hall–Kier alpha value is -1.63. The van der Waals surface area contributed by atoms with Crippen molar-refractivity contribution in [2.24, 2.45) is 0 Å². The molecule has 2 N–H and O–H groups in total. The fraction of sp³-hybridized carbons (Fsp3) is 0.727. The molecule has 2 saturated heterocycles. The van der Waals surface area contributed by atoms with Crippen molar-refractivity contribution in [1.82, 2.24) is 15.5 Å². The average molecular weight is 255 g/mol. The summed E-state index contributed by atoms with van der Waals surface area (Å²) in [5.41, 5.74) is -0.981. The zero-order valence-corrected chi connectivity index (χ0v) is 10.5. The van der Waals surface area contributed by atoms with Crippen LogP contribution in [0.1, 0.15) is 19.8 Å². The van der Waals surface area contributed by atoms with E-state index in [0.717, 1.165) is 6.42 Å². The molecule has 2 fully saturated rings. The van der Waals surface area contributed by atoms with Gasteiger partial charge in [-0.25, -0.2) is 4.79 Å². The number of carbonyl (C=O) groups excluding carboxylic acids is 3. The number of hydrogen-bond acceptors (Lipinski definition) is 5. The fourth-order valence-electron chi connectivity index (χ4n) is 2.65. The van der Waals surface area contributed by atoms with E-state index in [1.54, 1.807) is 0 Å². The Morgan fingerprint density at radius 2 is 2.28 bits per heavy atom. The van der Waals surface area contributed by atoms with Gasteiger partial charge in [0.05, 0.1) is 7.11 Å². The Balaban J connectivity index is 2.21. The Bertz CT molecular complexity index is 398. The fourth-order valence-corrected chi connectivity index (χ4v) is 2.65. The van der Waals surface area contributed by atoms with E-state index in [2.05, 4.69) is 10.6 Å². The molecule has 1 spiro atoms. The van der Waals surface area contributed by atoms with Crippen LogP contribution in [0.2, 0.25) is 0 Å². The van der Waals surface area contributed by atoms with Crippen LogP contribution in [-0.4, -0.2) is 54.6 Å². The van der Waals surface area contributed by atoms with Crippen molar-refractivity contribution in [3.05, 3.63) is 0 Å². The first-order valence-corrected chi connectivity index (χ1v) is 5.98. The predicted molar refractivity (Wildman–Crippen MR) is 61.7 cm³/mol. The molecule has 0 saturated carbocycles. The molecule has 7 heteroatoms. The molecule has 0 aromatic rings. The van der Waals surface area contributed by atoms with Gasteiger partial charge in [0, 0.05) is 13.0 Å². The largest absolute Gasteiger partial charge is 0.468 e. The number of esters is 1. The number of rotatable bonds is 3. The summed E-state index contributed by atoms with van der Waals surface area (Å²) in [6.45, 7) is 3.02. The van der Waals surface area contributed by atoms with Gasteiger partial charge in [-0.2, -0.15) is 0 Å². The standard InChI is InChI=1S/C11H17N3O4/c1-3-4-14-6-11(5-7(14)8(15)18-2)9(16)12-10(17)13-11/h7H,3-6H2,1-2H3,(H2,12,13,16,17)/t7-,11+/m0/s1. The number of amides is 3. The monoisotopic (exact) mass is 255 g/mol. The quantitative estimate of drug-likeness (QED) is 0.510. The smallest absolute Gasteiger partial charge is 0.323 e. The third-order valence-corrected chi connectivity index (χ3v) is 3.45. The highest BCUT2D eigenvalue weighted by Gasteiger charge is 2.55. The number of methoxy groups -OCH3 is 1. The van der Waals surface area contributed by atoms with Gasteiger partial charge < -0.3 is 10.1 Å². The second-order valence-corrected chi connectivity index (χ2v) is 4.70. The highest BCUT2D eigenvalue weighted by Crippen LogP contribution is 2.30. The second kappa shape index (κ2) is 4.56. The summed E-state index contributed by atoms with van der Waals surface area (Å²) < 4.78 is 4.75. The molecule has 7 nitrogen and oxygen atoms in total. The van der Waals surface area contributed by atoms with Gasteiger partial charge in [-0.15, -0.1) is 0 Å². The highest BCUT2D eigenvalue weighted by atomic mass is 16.5. The molecule has 0 bridgehead atoms. The first-order valence-electron chi connectivity index (χ1n) is 5.98. The Labute approximate surface area is 105 Å². The van der Waals surface area contributed by atoms with Crippen LogP contribution in [0.4, 0.5) is 4.79 Å². The van der Waals surface area contributed by atoms with E-state index in [4.69, 9.17) is 4.74 Å². The maximum atomic E-state index is 11.8. The lowest BCUT2D eigenvalue weighted by atomic mass is 9.96. The molecule has 0 radical (unpaired) electrons. The summed E-state index contributed by atoms with van der Waals surface area (Å²) >= 11 is 0. The lowest BCUT2D eigenvalue weighted by Gasteiger charge is -2.21. The molecule has 100 valence electrons. The van der Waals surface area contributed by atoms with Crippen LogP contribution >= 0.6 is 0 Å². The van der Waals surface area contributed by atoms with Crippen molar-refractivity contribution < 1.29 is 19.1 Å². The van der Waals surface area contributed by atoms with Crippen LogP contribution in [0.3, 0.4) is 0 Å². The number of imide groups is 1. The highest BCUT2D eigenvalue weighted by molar-refractivity contribution is 6.07. The van der Waals surface area contributed by atoms with Gasteiger partial charge >= 0.3 is 12.0 Å². The third-order valence-electron chi connectivity index (χ3n) is 3.45. The molecule has 2 aliphatic rings. The number of ether oxygens (including phenoxy) is 1. The van der Waals surface area contributed by atoms with Crippen LogP contribution in [0.5, 0.6) is 0 Å². The molecule has 0 aromatic carbocycles. The summed E-state index contributed by atoms with van der Waals surface area (Å²) in [5, 5.41) is 4.85. The minimum absolute atomic E-state index is 0.261. The molecule has 18 heavy (non-hydrogen) atoms. The van der Waals surface area contributed by atoms with E-state index < -0.39 is 17.6 Å². The summed E-state index contributed by atoms with van der Waals surface area (Å²) in [5.74, 6) is -0.728. The minimum atomic E-state index is -0.981. The predicted octanol–water partition coefficient (Wildman–Crippen LogP) is -0.778. The van der Waals surface area contributed by atoms with Crippen LogP contribution < -0.4 is 10.6 Å². The number of nitrogens with one attached hydrogen (secondary N) is 2. The van der Waals surface area contributed by atoms with Crippen molar-refractivity contribution in [3.63, 3.8) is 0 Å². The average Bonchev–Trinajstić information content (AvgIpc) is 2.81. The third kappa shape index (κ3) is 1.94. The maximum Gasteiger partial charge on any atom is 0.323 e. The van der Waals surface area contributed by atoms with Crippen molar-refractivity contribution in [3.8, 4) is 0 Å². The zero-order valence-electron chi connectivity index (χ0n) is 10.5. The summed E-state index contributed by atoms with van der Waals surface area (Å²) in [7, 11) is 1.32. The van der Waals surface area contributed by atoms with Crippen molar-refractivity contribution >= 4 is 17.9 Å². The van der Waals surface area contributed by atoms with Gasteiger partial charge in [-0.3, -0.25) is 19.8 Å². The molecular weight excluding hydrogens is 238 g/mol. The Morgan fingerprint density at radius 3 is 2.78 bits per heavy atom. The van der Waals surface area contributed by atoms with E-state index >= 15 is 0 Å². The van der Waals surface area contributed by atoms with Crippen molar-refractivity contribution in [2.75, 3.05) is 20.2 Å². The van der Waals surface area contributed by atoms with Gasteiger partial charge in [0.15, 0.2) is 0 Å². The number of hydrogen-bond donors (Lipinski definition) is 2. The normalized spacial score (nSPS) is 31.6. The number of nitrogens with zero attached hydrogens (tertiary/aromatic N) is 1. The summed E-state index contributed by atoms with van der Waals surface area (Å²) in [4.78, 5) is 36.7. The molecule has 2 atom stereocenters. The zero-order chi connectivity index (χ0) is 13.3. The maximum absolute atomic E-state index is 11.8. The minimum Gasteiger partial charge on any atom is -0.468 e. The molecule has 2 rings (SSSR count). The van der Waals surface area contributed by atoms with E-state index in [0.29, 0.717) is 13.1 Å². The van der Waals surface area contributed by atoms with Gasteiger partial charge in [0.1, 0.15) is 11.6 Å². The topological polar surface area (TPSA) is 87.7 Å². The Kier molecular flexibility index (Phi) is 3.25. The SMILES string of the molecule is CCCN1C[C@@]2(C[C@H]1C(=O)OC)NC(=O)NC2=O. The van der Waals surface area contributed by atoms with E-state index in [-0.39, 0.29) is 18.3 Å². The summed E-state index contributed by atoms with van der Waals surface area (Å²) in [6.07, 6.45) is 1.12. The summed E-state index contributed by atoms with van der Waals surface area (Å²) in [6, 6.07) is -0.971. The van der Waals surface area contributed by atoms with Crippen LogP contribution in [0, 0.1) is 0 Å². The number of urea groups is 1. The molecule has 2 aliphatic heterocycles. The van der Waals surface area contributed by atoms with Gasteiger partial charge in [0.2, 0.25) is 0 Å². The van der Waals surface area contributed by atoms with Crippen molar-refractivity contribution in [2.45, 2.75) is 31.3 Å². The van der Waals surface area contributed by atoms with Gasteiger partial charge in [-0.1, -0.05) is 6.92 Å². The lowest BCUT2D eigenvalue weighted by molar-refractivity contribution is -0.145. The van der Waals surface area contributed by atoms with E-state index in [1.165, 1.54) is 7.11 Å². The molecule has 2 heterocycles. The first-order chi connectivity index (χ1) is 8.52. The Morgan fingerprint density at radius 1 is 1.56 bits per heavy atom. The second-order valence-electron chi connectivity index (χ2n) is 4.70. The van der Waals surface area contributed by atoms with Crippen LogP contribution in [0.15, 0.2) is 0 Å². The van der Waals surface area contributed by atoms with E-state index in [9.17, 15) is 14.4 Å². The molecule has 3 amide bonds. The molecular formula is C11H17N3O4. The van der Waals surface area contributed by atoms with Crippen LogP contribution in [-0.2, 0) is 14.3 Å². The van der Waals surface area contributed by atoms with Gasteiger partial charge in [-0.05, 0) is 13.0 Å². The number of likely N-dealkylation sites (tertiary alicyclic amines) is 1. The van der Waals surface area contributed by atoms with Crippen LogP contribution in [0.25, 0.3) is 0 Å². The van der Waals surface area contributed by atoms with Crippen molar-refractivity contribution in [1.29, 1.82) is 0 Å². The number of carbonyl (C=O) groups is 3.